The highest BCUT2D eigenvalue weighted by Gasteiger charge is 2.19. The third kappa shape index (κ3) is 6.35. The number of carbonyl (C=O) groups excluding carboxylic acids is 2. The van der Waals surface area contributed by atoms with Gasteiger partial charge in [-0.25, -0.2) is 4.79 Å². The number of hydrogen-bond acceptors (Lipinski definition) is 6. The fourth-order valence-electron chi connectivity index (χ4n) is 2.24. The maximum absolute atomic E-state index is 12.3. The van der Waals surface area contributed by atoms with Crippen LogP contribution in [-0.4, -0.2) is 38.3 Å². The molecule has 2 rings (SSSR count). The summed E-state index contributed by atoms with van der Waals surface area (Å²) >= 11 is 5.93. The summed E-state index contributed by atoms with van der Waals surface area (Å²) in [4.78, 5) is 24.2. The van der Waals surface area contributed by atoms with Gasteiger partial charge in [0, 0.05) is 5.02 Å². The molecule has 0 fully saturated rings. The van der Waals surface area contributed by atoms with E-state index >= 15 is 0 Å². The van der Waals surface area contributed by atoms with Crippen LogP contribution in [0.3, 0.4) is 0 Å². The highest BCUT2D eigenvalue weighted by atomic mass is 35.5. The number of ether oxygens (including phenoxy) is 4. The smallest absolute Gasteiger partial charge is 0.344 e. The van der Waals surface area contributed by atoms with Gasteiger partial charge in [0.25, 0.3) is 5.91 Å². The molecule has 8 heteroatoms. The van der Waals surface area contributed by atoms with E-state index < -0.39 is 18.0 Å². The molecule has 2 aromatic rings. The first-order chi connectivity index (χ1) is 13.4. The Balaban J connectivity index is 1.84. The van der Waals surface area contributed by atoms with Crippen LogP contribution in [0, 0.1) is 0 Å². The number of halogens is 1. The number of nitrogens with one attached hydrogen (secondary N) is 1. The fraction of sp³-hybridized carbons (Fsp3) is 0.300. The normalized spacial score (nSPS) is 11.3. The van der Waals surface area contributed by atoms with Crippen LogP contribution in [0.4, 0.5) is 5.69 Å². The summed E-state index contributed by atoms with van der Waals surface area (Å²) in [5.74, 6) is 0.444. The molecule has 150 valence electrons. The summed E-state index contributed by atoms with van der Waals surface area (Å²) in [5, 5.41) is 3.05. The first-order valence-electron chi connectivity index (χ1n) is 8.62. The van der Waals surface area contributed by atoms with Crippen molar-refractivity contribution in [1.82, 2.24) is 0 Å². The number of anilines is 1. The van der Waals surface area contributed by atoms with Crippen molar-refractivity contribution in [2.45, 2.75) is 20.0 Å². The van der Waals surface area contributed by atoms with Crippen molar-refractivity contribution in [1.29, 1.82) is 0 Å². The van der Waals surface area contributed by atoms with Crippen molar-refractivity contribution in [2.75, 3.05) is 25.6 Å². The van der Waals surface area contributed by atoms with Crippen LogP contribution in [0.15, 0.2) is 42.5 Å². The average molecular weight is 408 g/mol. The van der Waals surface area contributed by atoms with Crippen molar-refractivity contribution < 1.29 is 28.5 Å². The third-order valence-corrected chi connectivity index (χ3v) is 3.82. The highest BCUT2D eigenvalue weighted by molar-refractivity contribution is 6.31. The Hall–Kier alpha value is -2.93. The van der Waals surface area contributed by atoms with Crippen LogP contribution in [0.25, 0.3) is 0 Å². The lowest BCUT2D eigenvalue weighted by atomic mass is 10.2. The molecule has 0 aliphatic heterocycles. The van der Waals surface area contributed by atoms with Crippen molar-refractivity contribution in [3.63, 3.8) is 0 Å². The van der Waals surface area contributed by atoms with E-state index in [-0.39, 0.29) is 6.61 Å². The van der Waals surface area contributed by atoms with Gasteiger partial charge in [0.15, 0.2) is 12.7 Å². The predicted molar refractivity (Wildman–Crippen MR) is 105 cm³/mol. The number of carbonyl (C=O) groups is 2. The van der Waals surface area contributed by atoms with Gasteiger partial charge in [-0.15, -0.1) is 0 Å². The van der Waals surface area contributed by atoms with Crippen LogP contribution < -0.4 is 19.5 Å². The summed E-state index contributed by atoms with van der Waals surface area (Å²) in [7, 11) is 1.47. The number of hydrogen-bond donors (Lipinski definition) is 1. The Morgan fingerprint density at radius 1 is 1.07 bits per heavy atom. The minimum atomic E-state index is -1.03. The quantitative estimate of drug-likeness (QED) is 0.638. The molecule has 2 aromatic carbocycles. The summed E-state index contributed by atoms with van der Waals surface area (Å²) in [5.41, 5.74) is 0.383. The lowest BCUT2D eigenvalue weighted by Crippen LogP contribution is -2.31. The Morgan fingerprint density at radius 3 is 2.32 bits per heavy atom. The van der Waals surface area contributed by atoms with Gasteiger partial charge in [-0.2, -0.15) is 0 Å². The minimum absolute atomic E-state index is 0.327. The van der Waals surface area contributed by atoms with Gasteiger partial charge in [0.05, 0.1) is 19.4 Å². The number of benzene rings is 2. The summed E-state index contributed by atoms with van der Waals surface area (Å²) < 4.78 is 20.9. The van der Waals surface area contributed by atoms with E-state index in [1.54, 1.807) is 42.5 Å². The standard InChI is InChI=1S/C20H22ClNO6/c1-4-26-15-6-8-16(9-7-15)27-12-19(23)28-13(2)20(24)22-17-11-14(21)5-10-18(17)25-3/h5-11,13H,4,12H2,1-3H3,(H,22,24). The molecule has 7 nitrogen and oxygen atoms in total. The zero-order valence-corrected chi connectivity index (χ0v) is 16.6. The number of amides is 1. The molecular formula is C20H22ClNO6. The molecule has 1 unspecified atom stereocenters. The molecule has 28 heavy (non-hydrogen) atoms. The van der Waals surface area contributed by atoms with E-state index in [9.17, 15) is 9.59 Å². The van der Waals surface area contributed by atoms with Crippen LogP contribution in [0.5, 0.6) is 17.2 Å². The first kappa shape index (κ1) is 21.4. The Bertz CT molecular complexity index is 809. The van der Waals surface area contributed by atoms with Crippen LogP contribution in [-0.2, 0) is 14.3 Å². The Morgan fingerprint density at radius 2 is 1.71 bits per heavy atom. The zero-order valence-electron chi connectivity index (χ0n) is 15.9. The molecule has 0 saturated carbocycles. The van der Waals surface area contributed by atoms with Crippen LogP contribution in [0.2, 0.25) is 5.02 Å². The minimum Gasteiger partial charge on any atom is -0.495 e. The monoisotopic (exact) mass is 407 g/mol. The van der Waals surface area contributed by atoms with Gasteiger partial charge in [-0.05, 0) is 56.3 Å². The zero-order chi connectivity index (χ0) is 20.5. The predicted octanol–water partition coefficient (Wildman–Crippen LogP) is 3.70. The fourth-order valence-corrected chi connectivity index (χ4v) is 2.41. The SMILES string of the molecule is CCOc1ccc(OCC(=O)OC(C)C(=O)Nc2cc(Cl)ccc2OC)cc1. The topological polar surface area (TPSA) is 83.1 Å². The highest BCUT2D eigenvalue weighted by Crippen LogP contribution is 2.27. The molecule has 0 aromatic heterocycles. The lowest BCUT2D eigenvalue weighted by molar-refractivity contribution is -0.155. The molecule has 0 bridgehead atoms. The number of rotatable bonds is 9. The van der Waals surface area contributed by atoms with Gasteiger partial charge >= 0.3 is 5.97 Å². The second-order valence-corrected chi connectivity index (χ2v) is 6.10. The van der Waals surface area contributed by atoms with E-state index in [1.165, 1.54) is 14.0 Å². The van der Waals surface area contributed by atoms with Gasteiger partial charge in [-0.3, -0.25) is 4.79 Å². The summed E-state index contributed by atoms with van der Waals surface area (Å²) in [6, 6.07) is 11.6. The van der Waals surface area contributed by atoms with Gasteiger partial charge in [0.2, 0.25) is 0 Å². The van der Waals surface area contributed by atoms with Crippen LogP contribution in [0.1, 0.15) is 13.8 Å². The maximum Gasteiger partial charge on any atom is 0.344 e. The molecule has 1 amide bonds. The molecule has 0 radical (unpaired) electrons. The molecule has 0 aliphatic rings. The van der Waals surface area contributed by atoms with E-state index in [0.717, 1.165) is 0 Å². The Labute approximate surface area is 168 Å². The molecule has 0 aliphatic carbocycles. The van der Waals surface area contributed by atoms with Crippen molar-refractivity contribution >= 4 is 29.2 Å². The summed E-state index contributed by atoms with van der Waals surface area (Å²) in [6.45, 7) is 3.58. The first-order valence-corrected chi connectivity index (χ1v) is 9.00. The van der Waals surface area contributed by atoms with Crippen molar-refractivity contribution in [3.8, 4) is 17.2 Å². The molecule has 1 atom stereocenters. The van der Waals surface area contributed by atoms with Gasteiger partial charge < -0.3 is 24.3 Å². The third-order valence-electron chi connectivity index (χ3n) is 3.59. The lowest BCUT2D eigenvalue weighted by Gasteiger charge is -2.15. The Kier molecular flexibility index (Phi) is 7.95. The van der Waals surface area contributed by atoms with Gasteiger partial charge in [0.1, 0.15) is 17.2 Å². The van der Waals surface area contributed by atoms with E-state index in [4.69, 9.17) is 30.5 Å². The van der Waals surface area contributed by atoms with E-state index in [2.05, 4.69) is 5.32 Å². The van der Waals surface area contributed by atoms with Crippen LogP contribution >= 0.6 is 11.6 Å². The van der Waals surface area contributed by atoms with E-state index in [1.807, 2.05) is 6.92 Å². The summed E-state index contributed by atoms with van der Waals surface area (Å²) in [6.07, 6.45) is -1.03. The molecular weight excluding hydrogens is 386 g/mol. The largest absolute Gasteiger partial charge is 0.495 e. The van der Waals surface area contributed by atoms with Gasteiger partial charge in [-0.1, -0.05) is 11.6 Å². The number of methoxy groups -OCH3 is 1. The average Bonchev–Trinajstić information content (AvgIpc) is 2.68. The van der Waals surface area contributed by atoms with Crippen molar-refractivity contribution in [2.24, 2.45) is 0 Å². The molecule has 0 spiro atoms. The molecule has 0 heterocycles. The molecule has 0 saturated heterocycles. The number of esters is 1. The second kappa shape index (κ2) is 10.4. The second-order valence-electron chi connectivity index (χ2n) is 5.66. The van der Waals surface area contributed by atoms with Crippen molar-refractivity contribution in [3.05, 3.63) is 47.5 Å². The van der Waals surface area contributed by atoms with E-state index in [0.29, 0.717) is 34.6 Å². The molecule has 1 N–H and O–H groups in total. The maximum atomic E-state index is 12.3.